The molecule has 0 unspecified atom stereocenters. The van der Waals surface area contributed by atoms with E-state index in [1.54, 1.807) is 0 Å². The summed E-state index contributed by atoms with van der Waals surface area (Å²) in [7, 11) is 0. The summed E-state index contributed by atoms with van der Waals surface area (Å²) in [6, 6.07) is 8.38. The Morgan fingerprint density at radius 1 is 1.25 bits per heavy atom. The molecule has 0 aliphatic heterocycles. The minimum atomic E-state index is 0.144. The Morgan fingerprint density at radius 3 is 2.50 bits per heavy atom. The number of nitrogens with one attached hydrogen (secondary N) is 1. The Kier molecular flexibility index (Phi) is 5.18. The molecule has 0 atom stereocenters. The molecule has 1 fully saturated rings. The largest absolute Gasteiger partial charge is 0.355 e. The van der Waals surface area contributed by atoms with Gasteiger partial charge in [0, 0.05) is 13.0 Å². The molecule has 0 bridgehead atoms. The van der Waals surface area contributed by atoms with E-state index in [1.165, 1.54) is 24.0 Å². The molecule has 110 valence electrons. The van der Waals surface area contributed by atoms with Crippen LogP contribution < -0.4 is 11.1 Å². The highest BCUT2D eigenvalue weighted by atomic mass is 16.1. The van der Waals surface area contributed by atoms with Gasteiger partial charge in [0.2, 0.25) is 5.91 Å². The Balaban J connectivity index is 1.74. The van der Waals surface area contributed by atoms with Gasteiger partial charge in [0.05, 0.1) is 0 Å². The van der Waals surface area contributed by atoms with Crippen LogP contribution in [0.5, 0.6) is 0 Å². The number of hydrogen-bond acceptors (Lipinski definition) is 2. The SMILES string of the molecule is Cc1ccc(CCC(=O)NCC2(CN)CCCC2)cc1. The first-order valence-corrected chi connectivity index (χ1v) is 7.66. The third-order valence-corrected chi connectivity index (χ3v) is 4.52. The van der Waals surface area contributed by atoms with Gasteiger partial charge in [0.25, 0.3) is 0 Å². The summed E-state index contributed by atoms with van der Waals surface area (Å²) in [5.74, 6) is 0.144. The average Bonchev–Trinajstić information content (AvgIpc) is 2.94. The zero-order valence-electron chi connectivity index (χ0n) is 12.5. The first-order chi connectivity index (χ1) is 9.63. The van der Waals surface area contributed by atoms with E-state index in [2.05, 4.69) is 36.5 Å². The van der Waals surface area contributed by atoms with E-state index in [0.717, 1.165) is 25.8 Å². The van der Waals surface area contributed by atoms with Crippen molar-refractivity contribution in [2.45, 2.75) is 45.4 Å². The van der Waals surface area contributed by atoms with Crippen molar-refractivity contribution in [3.63, 3.8) is 0 Å². The van der Waals surface area contributed by atoms with E-state index in [0.29, 0.717) is 13.0 Å². The highest BCUT2D eigenvalue weighted by molar-refractivity contribution is 5.76. The lowest BCUT2D eigenvalue weighted by atomic mass is 9.86. The van der Waals surface area contributed by atoms with Gasteiger partial charge in [-0.2, -0.15) is 0 Å². The van der Waals surface area contributed by atoms with Gasteiger partial charge in [-0.25, -0.2) is 0 Å². The van der Waals surface area contributed by atoms with Crippen molar-refractivity contribution in [2.24, 2.45) is 11.1 Å². The van der Waals surface area contributed by atoms with Crippen molar-refractivity contribution in [1.29, 1.82) is 0 Å². The minimum Gasteiger partial charge on any atom is -0.355 e. The zero-order chi connectivity index (χ0) is 14.4. The molecule has 0 saturated heterocycles. The maximum Gasteiger partial charge on any atom is 0.220 e. The van der Waals surface area contributed by atoms with Crippen molar-refractivity contribution >= 4 is 5.91 Å². The minimum absolute atomic E-state index is 0.144. The summed E-state index contributed by atoms with van der Waals surface area (Å²) in [6.45, 7) is 3.51. The van der Waals surface area contributed by atoms with Crippen LogP contribution in [0.4, 0.5) is 0 Å². The topological polar surface area (TPSA) is 55.1 Å². The van der Waals surface area contributed by atoms with Crippen molar-refractivity contribution in [2.75, 3.05) is 13.1 Å². The van der Waals surface area contributed by atoms with Gasteiger partial charge in [0.1, 0.15) is 0 Å². The number of aryl methyl sites for hydroxylation is 2. The molecule has 0 radical (unpaired) electrons. The molecule has 1 aliphatic rings. The van der Waals surface area contributed by atoms with Gasteiger partial charge in [-0.15, -0.1) is 0 Å². The second-order valence-corrected chi connectivity index (χ2v) is 6.17. The lowest BCUT2D eigenvalue weighted by Crippen LogP contribution is -2.40. The maximum absolute atomic E-state index is 11.9. The lowest BCUT2D eigenvalue weighted by molar-refractivity contribution is -0.121. The molecular formula is C17H26N2O. The van der Waals surface area contributed by atoms with E-state index >= 15 is 0 Å². The van der Waals surface area contributed by atoms with Crippen LogP contribution >= 0.6 is 0 Å². The van der Waals surface area contributed by atoms with E-state index in [1.807, 2.05) is 0 Å². The number of amides is 1. The third kappa shape index (κ3) is 4.07. The van der Waals surface area contributed by atoms with Crippen molar-refractivity contribution in [1.82, 2.24) is 5.32 Å². The third-order valence-electron chi connectivity index (χ3n) is 4.52. The second kappa shape index (κ2) is 6.89. The monoisotopic (exact) mass is 274 g/mol. The van der Waals surface area contributed by atoms with Crippen LogP contribution in [0.1, 0.15) is 43.2 Å². The molecule has 20 heavy (non-hydrogen) atoms. The molecular weight excluding hydrogens is 248 g/mol. The van der Waals surface area contributed by atoms with E-state index in [-0.39, 0.29) is 11.3 Å². The molecule has 1 saturated carbocycles. The summed E-state index contributed by atoms with van der Waals surface area (Å²) in [4.78, 5) is 11.9. The van der Waals surface area contributed by atoms with Gasteiger partial charge in [-0.3, -0.25) is 4.79 Å². The number of nitrogens with two attached hydrogens (primary N) is 1. The molecule has 1 amide bonds. The molecule has 3 heteroatoms. The Labute approximate surface area is 121 Å². The maximum atomic E-state index is 11.9. The van der Waals surface area contributed by atoms with Gasteiger partial charge >= 0.3 is 0 Å². The molecule has 0 spiro atoms. The fourth-order valence-corrected chi connectivity index (χ4v) is 2.97. The Hall–Kier alpha value is -1.35. The van der Waals surface area contributed by atoms with E-state index < -0.39 is 0 Å². The summed E-state index contributed by atoms with van der Waals surface area (Å²) in [5.41, 5.74) is 8.53. The summed E-state index contributed by atoms with van der Waals surface area (Å²) in [5, 5.41) is 3.08. The molecule has 0 aromatic heterocycles. The molecule has 3 nitrogen and oxygen atoms in total. The molecule has 1 aliphatic carbocycles. The quantitative estimate of drug-likeness (QED) is 0.837. The van der Waals surface area contributed by atoms with Crippen LogP contribution in [0.3, 0.4) is 0 Å². The highest BCUT2D eigenvalue weighted by Crippen LogP contribution is 2.36. The summed E-state index contributed by atoms with van der Waals surface area (Å²) >= 11 is 0. The Bertz CT molecular complexity index is 433. The van der Waals surface area contributed by atoms with Crippen LogP contribution in [0.15, 0.2) is 24.3 Å². The molecule has 3 N–H and O–H groups in total. The van der Waals surface area contributed by atoms with Crippen molar-refractivity contribution < 1.29 is 4.79 Å². The molecule has 0 heterocycles. The van der Waals surface area contributed by atoms with Gasteiger partial charge in [-0.1, -0.05) is 42.7 Å². The van der Waals surface area contributed by atoms with Gasteiger partial charge < -0.3 is 11.1 Å². The van der Waals surface area contributed by atoms with E-state index in [4.69, 9.17) is 5.73 Å². The van der Waals surface area contributed by atoms with Crippen molar-refractivity contribution in [3.05, 3.63) is 35.4 Å². The zero-order valence-corrected chi connectivity index (χ0v) is 12.5. The van der Waals surface area contributed by atoms with Crippen LogP contribution in [-0.4, -0.2) is 19.0 Å². The van der Waals surface area contributed by atoms with Crippen LogP contribution in [0.2, 0.25) is 0 Å². The molecule has 1 aromatic carbocycles. The number of carbonyl (C=O) groups is 1. The normalized spacial score (nSPS) is 17.1. The lowest BCUT2D eigenvalue weighted by Gasteiger charge is -2.27. The van der Waals surface area contributed by atoms with Crippen LogP contribution in [0.25, 0.3) is 0 Å². The summed E-state index contributed by atoms with van der Waals surface area (Å²) in [6.07, 6.45) is 6.17. The van der Waals surface area contributed by atoms with Crippen LogP contribution in [-0.2, 0) is 11.2 Å². The van der Waals surface area contributed by atoms with Crippen molar-refractivity contribution in [3.8, 4) is 0 Å². The predicted molar refractivity (Wildman–Crippen MR) is 82.5 cm³/mol. The smallest absolute Gasteiger partial charge is 0.220 e. The Morgan fingerprint density at radius 2 is 1.90 bits per heavy atom. The second-order valence-electron chi connectivity index (χ2n) is 6.17. The van der Waals surface area contributed by atoms with Gasteiger partial charge in [-0.05, 0) is 43.7 Å². The number of rotatable bonds is 6. The standard InChI is InChI=1S/C17H26N2O/c1-14-4-6-15(7-5-14)8-9-16(20)19-13-17(12-18)10-2-3-11-17/h4-7H,2-3,8-13,18H2,1H3,(H,19,20). The van der Waals surface area contributed by atoms with Crippen LogP contribution in [0, 0.1) is 12.3 Å². The fraction of sp³-hybridized carbons (Fsp3) is 0.588. The number of benzene rings is 1. The highest BCUT2D eigenvalue weighted by Gasteiger charge is 2.32. The number of hydrogen-bond donors (Lipinski definition) is 2. The summed E-state index contributed by atoms with van der Waals surface area (Å²) < 4.78 is 0. The molecule has 2 rings (SSSR count). The van der Waals surface area contributed by atoms with Gasteiger partial charge in [0.15, 0.2) is 0 Å². The average molecular weight is 274 g/mol. The first kappa shape index (κ1) is 15.0. The predicted octanol–water partition coefficient (Wildman–Crippen LogP) is 2.56. The van der Waals surface area contributed by atoms with E-state index in [9.17, 15) is 4.79 Å². The fourth-order valence-electron chi connectivity index (χ4n) is 2.97. The number of carbonyl (C=O) groups excluding carboxylic acids is 1. The molecule has 1 aromatic rings. The first-order valence-electron chi connectivity index (χ1n) is 7.66.